The first-order valence-corrected chi connectivity index (χ1v) is 10.2. The highest BCUT2D eigenvalue weighted by Crippen LogP contribution is 2.24. The van der Waals surface area contributed by atoms with E-state index < -0.39 is 20.9 Å². The zero-order valence-electron chi connectivity index (χ0n) is 14.5. The van der Waals surface area contributed by atoms with Crippen molar-refractivity contribution in [2.45, 2.75) is 38.1 Å². The molecule has 0 unspecified atom stereocenters. The minimum Gasteiger partial charge on any atom is -0.272 e. The Balaban J connectivity index is 1.94. The van der Waals surface area contributed by atoms with Crippen molar-refractivity contribution >= 4 is 27.8 Å². The standard InChI is InChI=1S/C16H22N4O5S/c1-26(24,25)19(14-5-3-2-4-6-14)12-16(21)18-17-11-13-7-9-15(10-8-13)20(22)23/h7-11,14H,2-6,12H2,1H3,(H,18,21)/b17-11+. The summed E-state index contributed by atoms with van der Waals surface area (Å²) in [7, 11) is -3.49. The summed E-state index contributed by atoms with van der Waals surface area (Å²) in [5, 5.41) is 14.4. The fourth-order valence-corrected chi connectivity index (χ4v) is 4.03. The van der Waals surface area contributed by atoms with Crippen LogP contribution >= 0.6 is 0 Å². The third kappa shape index (κ3) is 5.88. The Kier molecular flexibility index (Phi) is 6.81. The normalized spacial score (nSPS) is 16.1. The van der Waals surface area contributed by atoms with Gasteiger partial charge in [0.2, 0.25) is 10.0 Å². The summed E-state index contributed by atoms with van der Waals surface area (Å²) in [6, 6.07) is 5.51. The lowest BCUT2D eigenvalue weighted by Crippen LogP contribution is -2.45. The molecular formula is C16H22N4O5S. The van der Waals surface area contributed by atoms with Crippen LogP contribution < -0.4 is 5.43 Å². The molecule has 1 fully saturated rings. The second kappa shape index (κ2) is 8.86. The van der Waals surface area contributed by atoms with E-state index in [1.54, 1.807) is 0 Å². The van der Waals surface area contributed by atoms with E-state index in [0.717, 1.165) is 38.4 Å². The monoisotopic (exact) mass is 382 g/mol. The molecule has 0 heterocycles. The number of rotatable bonds is 7. The third-order valence-corrected chi connectivity index (χ3v) is 5.49. The Bertz CT molecular complexity index is 770. The van der Waals surface area contributed by atoms with Crippen molar-refractivity contribution < 1.29 is 18.1 Å². The van der Waals surface area contributed by atoms with Crippen molar-refractivity contribution in [3.8, 4) is 0 Å². The van der Waals surface area contributed by atoms with Gasteiger partial charge in [0.1, 0.15) is 0 Å². The number of non-ortho nitro benzene ring substituents is 1. The van der Waals surface area contributed by atoms with Gasteiger partial charge >= 0.3 is 0 Å². The van der Waals surface area contributed by atoms with Gasteiger partial charge in [0.15, 0.2) is 0 Å². The second-order valence-electron chi connectivity index (χ2n) is 6.24. The van der Waals surface area contributed by atoms with Crippen molar-refractivity contribution in [2.24, 2.45) is 5.10 Å². The number of amides is 1. The van der Waals surface area contributed by atoms with Crippen LogP contribution in [0.4, 0.5) is 5.69 Å². The van der Waals surface area contributed by atoms with E-state index in [-0.39, 0.29) is 18.3 Å². The van der Waals surface area contributed by atoms with Crippen LogP contribution in [0.25, 0.3) is 0 Å². The van der Waals surface area contributed by atoms with Crippen LogP contribution in [0.3, 0.4) is 0 Å². The van der Waals surface area contributed by atoms with Gasteiger partial charge in [0, 0.05) is 18.2 Å². The molecule has 1 aliphatic rings. The van der Waals surface area contributed by atoms with Crippen LogP contribution in [0.15, 0.2) is 29.4 Å². The first-order chi connectivity index (χ1) is 12.3. The van der Waals surface area contributed by atoms with Crippen LogP contribution in [0.5, 0.6) is 0 Å². The maximum atomic E-state index is 12.1. The summed E-state index contributed by atoms with van der Waals surface area (Å²) in [6.45, 7) is -0.277. The lowest BCUT2D eigenvalue weighted by atomic mass is 9.95. The number of hydrogen-bond acceptors (Lipinski definition) is 6. The zero-order chi connectivity index (χ0) is 19.2. The van der Waals surface area contributed by atoms with Gasteiger partial charge < -0.3 is 0 Å². The third-order valence-electron chi connectivity index (χ3n) is 4.21. The maximum absolute atomic E-state index is 12.1. The Morgan fingerprint density at radius 3 is 2.46 bits per heavy atom. The number of carbonyl (C=O) groups is 1. The number of sulfonamides is 1. The number of benzene rings is 1. The van der Waals surface area contributed by atoms with Crippen molar-refractivity contribution in [1.29, 1.82) is 0 Å². The van der Waals surface area contributed by atoms with Gasteiger partial charge in [-0.2, -0.15) is 9.41 Å². The minimum absolute atomic E-state index is 0.0394. The molecule has 0 aliphatic heterocycles. The lowest BCUT2D eigenvalue weighted by Gasteiger charge is -2.31. The number of nitrogens with one attached hydrogen (secondary N) is 1. The average Bonchev–Trinajstić information content (AvgIpc) is 2.60. The molecule has 1 saturated carbocycles. The summed E-state index contributed by atoms with van der Waals surface area (Å²) in [6.07, 6.45) is 6.95. The summed E-state index contributed by atoms with van der Waals surface area (Å²) >= 11 is 0. The van der Waals surface area contributed by atoms with E-state index in [9.17, 15) is 23.3 Å². The zero-order valence-corrected chi connectivity index (χ0v) is 15.3. The summed E-state index contributed by atoms with van der Waals surface area (Å²) < 4.78 is 25.2. The van der Waals surface area contributed by atoms with Crippen LogP contribution in [-0.2, 0) is 14.8 Å². The van der Waals surface area contributed by atoms with E-state index in [1.807, 2.05) is 0 Å². The second-order valence-corrected chi connectivity index (χ2v) is 8.18. The molecule has 0 bridgehead atoms. The molecule has 10 heteroatoms. The fourth-order valence-electron chi connectivity index (χ4n) is 2.92. The van der Waals surface area contributed by atoms with Gasteiger partial charge in [-0.3, -0.25) is 14.9 Å². The summed E-state index contributed by atoms with van der Waals surface area (Å²) in [5.41, 5.74) is 2.83. The number of nitrogens with zero attached hydrogens (tertiary/aromatic N) is 3. The van der Waals surface area contributed by atoms with Gasteiger partial charge in [-0.05, 0) is 30.5 Å². The van der Waals surface area contributed by atoms with E-state index in [2.05, 4.69) is 10.5 Å². The van der Waals surface area contributed by atoms with Crippen molar-refractivity contribution in [2.75, 3.05) is 12.8 Å². The van der Waals surface area contributed by atoms with Gasteiger partial charge in [-0.15, -0.1) is 0 Å². The van der Waals surface area contributed by atoms with E-state index in [1.165, 1.54) is 34.8 Å². The molecule has 1 aromatic carbocycles. The Morgan fingerprint density at radius 1 is 1.31 bits per heavy atom. The molecule has 0 aromatic heterocycles. The smallest absolute Gasteiger partial charge is 0.269 e. The molecule has 0 spiro atoms. The molecule has 1 N–H and O–H groups in total. The topological polar surface area (TPSA) is 122 Å². The molecule has 1 amide bonds. The van der Waals surface area contributed by atoms with E-state index >= 15 is 0 Å². The Morgan fingerprint density at radius 2 is 1.92 bits per heavy atom. The Labute approximate surface area is 152 Å². The predicted octanol–water partition coefficient (Wildman–Crippen LogP) is 1.64. The molecule has 1 aromatic rings. The maximum Gasteiger partial charge on any atom is 0.269 e. The lowest BCUT2D eigenvalue weighted by molar-refractivity contribution is -0.384. The highest BCUT2D eigenvalue weighted by Gasteiger charge is 2.29. The highest BCUT2D eigenvalue weighted by molar-refractivity contribution is 7.88. The molecule has 9 nitrogen and oxygen atoms in total. The summed E-state index contributed by atoms with van der Waals surface area (Å²) in [4.78, 5) is 22.1. The number of hydrazone groups is 1. The van der Waals surface area contributed by atoms with Crippen molar-refractivity contribution in [1.82, 2.24) is 9.73 Å². The molecule has 0 saturated heterocycles. The summed E-state index contributed by atoms with van der Waals surface area (Å²) in [5.74, 6) is -0.529. The van der Waals surface area contributed by atoms with Gasteiger partial charge in [-0.25, -0.2) is 13.8 Å². The van der Waals surface area contributed by atoms with Crippen LogP contribution in [0.2, 0.25) is 0 Å². The molecule has 1 aliphatic carbocycles. The Hall–Kier alpha value is -2.33. The quantitative estimate of drug-likeness (QED) is 0.436. The van der Waals surface area contributed by atoms with Crippen LogP contribution in [0, 0.1) is 10.1 Å². The van der Waals surface area contributed by atoms with Gasteiger partial charge in [0.25, 0.3) is 11.6 Å². The molecule has 142 valence electrons. The van der Waals surface area contributed by atoms with Crippen LogP contribution in [-0.4, -0.2) is 48.6 Å². The molecular weight excluding hydrogens is 360 g/mol. The van der Waals surface area contributed by atoms with Gasteiger partial charge in [-0.1, -0.05) is 19.3 Å². The predicted molar refractivity (Wildman–Crippen MR) is 97.3 cm³/mol. The van der Waals surface area contributed by atoms with E-state index in [4.69, 9.17) is 0 Å². The molecule has 26 heavy (non-hydrogen) atoms. The van der Waals surface area contributed by atoms with Crippen molar-refractivity contribution in [3.05, 3.63) is 39.9 Å². The van der Waals surface area contributed by atoms with Crippen molar-refractivity contribution in [3.63, 3.8) is 0 Å². The largest absolute Gasteiger partial charge is 0.272 e. The number of carbonyl (C=O) groups excluding carboxylic acids is 1. The number of hydrogen-bond donors (Lipinski definition) is 1. The fraction of sp³-hybridized carbons (Fsp3) is 0.500. The minimum atomic E-state index is -3.49. The number of nitro benzene ring substituents is 1. The first kappa shape index (κ1) is 20.0. The number of nitro groups is 1. The van der Waals surface area contributed by atoms with Gasteiger partial charge in [0.05, 0.1) is 23.9 Å². The molecule has 0 radical (unpaired) electrons. The van der Waals surface area contributed by atoms with Crippen LogP contribution in [0.1, 0.15) is 37.7 Å². The SMILES string of the molecule is CS(=O)(=O)N(CC(=O)N/N=C/c1ccc([N+](=O)[O-])cc1)C1CCCCC1. The average molecular weight is 382 g/mol. The van der Waals surface area contributed by atoms with E-state index in [0.29, 0.717) is 5.56 Å². The molecule has 2 rings (SSSR count). The molecule has 0 atom stereocenters. The first-order valence-electron chi connectivity index (χ1n) is 8.30. The highest BCUT2D eigenvalue weighted by atomic mass is 32.2.